The highest BCUT2D eigenvalue weighted by molar-refractivity contribution is 7.10. The van der Waals surface area contributed by atoms with Crippen molar-refractivity contribution < 1.29 is 19.4 Å². The molecule has 8 nitrogen and oxygen atoms in total. The van der Waals surface area contributed by atoms with Gasteiger partial charge in [0.25, 0.3) is 0 Å². The van der Waals surface area contributed by atoms with Crippen LogP contribution in [0.3, 0.4) is 0 Å². The van der Waals surface area contributed by atoms with Crippen LogP contribution in [0.15, 0.2) is 46.2 Å². The van der Waals surface area contributed by atoms with Gasteiger partial charge in [-0.3, -0.25) is 19.1 Å². The fraction of sp³-hybridized carbons (Fsp3) is 0.167. The molecule has 0 saturated carbocycles. The molecule has 0 spiro atoms. The Labute approximate surface area is 203 Å². The number of anilines is 1. The molecule has 34 heavy (non-hydrogen) atoms. The fourth-order valence-corrected chi connectivity index (χ4v) is 4.61. The van der Waals surface area contributed by atoms with Crippen LogP contribution in [-0.2, 0) is 22.5 Å². The second kappa shape index (κ2) is 9.66. The Morgan fingerprint density at radius 1 is 1.29 bits per heavy atom. The van der Waals surface area contributed by atoms with Gasteiger partial charge in [0, 0.05) is 23.0 Å². The first kappa shape index (κ1) is 23.5. The van der Waals surface area contributed by atoms with E-state index < -0.39 is 23.3 Å². The lowest BCUT2D eigenvalue weighted by molar-refractivity contribution is -0.116. The molecule has 4 rings (SSSR count). The summed E-state index contributed by atoms with van der Waals surface area (Å²) in [5.74, 6) is -1.51. The lowest BCUT2D eigenvalue weighted by Gasteiger charge is -2.09. The maximum Gasteiger partial charge on any atom is 0.339 e. The van der Waals surface area contributed by atoms with Gasteiger partial charge in [-0.05, 0) is 36.3 Å². The highest BCUT2D eigenvalue weighted by Crippen LogP contribution is 2.37. The van der Waals surface area contributed by atoms with Crippen molar-refractivity contribution in [2.45, 2.75) is 19.9 Å². The van der Waals surface area contributed by atoms with E-state index in [9.17, 15) is 19.5 Å². The molecule has 3 aromatic rings. The number of carbonyl (C=O) groups is 2. The summed E-state index contributed by atoms with van der Waals surface area (Å²) < 4.78 is 5.65. The summed E-state index contributed by atoms with van der Waals surface area (Å²) in [4.78, 5) is 41.2. The Hall–Kier alpha value is -3.69. The van der Waals surface area contributed by atoms with Crippen molar-refractivity contribution in [3.8, 4) is 5.88 Å². The first-order valence-electron chi connectivity index (χ1n) is 10.3. The number of hydrogen-bond acceptors (Lipinski definition) is 7. The fourth-order valence-electron chi connectivity index (χ4n) is 3.58. The SMILES string of the molecule is CCc1cccc2c1N=CC2=Cc1sc(=O)n(CC(=O)Nc2ccc(Cl)c(C(=O)OC)c2)c1O. The smallest absolute Gasteiger partial charge is 0.339 e. The number of nitrogens with one attached hydrogen (secondary N) is 1. The standard InChI is InChI=1S/C24H20ClN3O5S/c1-3-13-5-4-6-16-14(11-26-21(13)16)9-19-22(30)28(24(32)34-19)12-20(29)27-15-7-8-18(25)17(10-15)23(31)33-2/h4-11,30H,3,12H2,1-2H3,(H,27,29). The molecule has 1 aliphatic rings. The van der Waals surface area contributed by atoms with Gasteiger partial charge in [0.2, 0.25) is 11.8 Å². The van der Waals surface area contributed by atoms with E-state index in [2.05, 4.69) is 22.0 Å². The molecule has 2 N–H and O–H groups in total. The normalized spacial score (nSPS) is 13.2. The molecule has 0 saturated heterocycles. The van der Waals surface area contributed by atoms with Gasteiger partial charge in [0.15, 0.2) is 0 Å². The van der Waals surface area contributed by atoms with Crippen molar-refractivity contribution in [1.29, 1.82) is 0 Å². The third kappa shape index (κ3) is 4.52. The quantitative estimate of drug-likeness (QED) is 0.487. The lowest BCUT2D eigenvalue weighted by atomic mass is 10.0. The number of hydrogen-bond donors (Lipinski definition) is 2. The lowest BCUT2D eigenvalue weighted by Crippen LogP contribution is -2.24. The van der Waals surface area contributed by atoms with Gasteiger partial charge < -0.3 is 15.2 Å². The number of carbonyl (C=O) groups excluding carboxylic acids is 2. The zero-order valence-corrected chi connectivity index (χ0v) is 19.9. The van der Waals surface area contributed by atoms with Crippen molar-refractivity contribution in [1.82, 2.24) is 4.57 Å². The largest absolute Gasteiger partial charge is 0.493 e. The van der Waals surface area contributed by atoms with Crippen LogP contribution in [-0.4, -0.2) is 34.9 Å². The molecule has 174 valence electrons. The molecular formula is C24H20ClN3O5S. The molecule has 10 heteroatoms. The summed E-state index contributed by atoms with van der Waals surface area (Å²) in [6.07, 6.45) is 4.23. The predicted octanol–water partition coefficient (Wildman–Crippen LogP) is 4.51. The van der Waals surface area contributed by atoms with Gasteiger partial charge in [-0.2, -0.15) is 0 Å². The van der Waals surface area contributed by atoms with E-state index in [1.165, 1.54) is 25.3 Å². The van der Waals surface area contributed by atoms with Crippen molar-refractivity contribution >= 4 is 64.1 Å². The monoisotopic (exact) mass is 497 g/mol. The Morgan fingerprint density at radius 2 is 2.09 bits per heavy atom. The molecule has 1 aromatic heterocycles. The Bertz CT molecular complexity index is 1420. The van der Waals surface area contributed by atoms with E-state index in [0.29, 0.717) is 10.6 Å². The molecule has 2 aromatic carbocycles. The van der Waals surface area contributed by atoms with Crippen LogP contribution in [0.4, 0.5) is 11.4 Å². The molecule has 0 atom stereocenters. The van der Waals surface area contributed by atoms with Gasteiger partial charge in [0.1, 0.15) is 6.54 Å². The average molecular weight is 498 g/mol. The Kier molecular flexibility index (Phi) is 6.67. The van der Waals surface area contributed by atoms with E-state index in [4.69, 9.17) is 11.6 Å². The average Bonchev–Trinajstić information content (AvgIpc) is 3.35. The number of allylic oxidation sites excluding steroid dienone is 1. The number of nitrogens with zero attached hydrogens (tertiary/aromatic N) is 2. The van der Waals surface area contributed by atoms with Crippen LogP contribution in [0.2, 0.25) is 5.02 Å². The minimum absolute atomic E-state index is 0.0937. The summed E-state index contributed by atoms with van der Waals surface area (Å²) >= 11 is 6.83. The zero-order valence-electron chi connectivity index (χ0n) is 18.3. The number of aliphatic imine (C=N–C) groups is 1. The molecule has 0 radical (unpaired) electrons. The summed E-state index contributed by atoms with van der Waals surface area (Å²) in [5.41, 5.74) is 4.09. The zero-order chi connectivity index (χ0) is 24.4. The van der Waals surface area contributed by atoms with Crippen LogP contribution in [0, 0.1) is 0 Å². The maximum absolute atomic E-state index is 12.5. The van der Waals surface area contributed by atoms with Crippen LogP contribution >= 0.6 is 22.9 Å². The molecule has 2 heterocycles. The molecule has 1 aliphatic heterocycles. The van der Waals surface area contributed by atoms with Crippen LogP contribution in [0.1, 0.15) is 33.3 Å². The Balaban J connectivity index is 1.55. The highest BCUT2D eigenvalue weighted by Gasteiger charge is 2.20. The molecule has 0 fully saturated rings. The number of rotatable bonds is 6. The number of methoxy groups -OCH3 is 1. The number of ether oxygens (including phenoxy) is 1. The van der Waals surface area contributed by atoms with E-state index in [1.54, 1.807) is 12.3 Å². The Morgan fingerprint density at radius 3 is 2.82 bits per heavy atom. The number of thiazole rings is 1. The van der Waals surface area contributed by atoms with E-state index in [-0.39, 0.29) is 16.5 Å². The van der Waals surface area contributed by atoms with E-state index >= 15 is 0 Å². The third-order valence-electron chi connectivity index (χ3n) is 5.28. The minimum atomic E-state index is -0.645. The topological polar surface area (TPSA) is 110 Å². The van der Waals surface area contributed by atoms with Crippen molar-refractivity contribution in [2.24, 2.45) is 4.99 Å². The molecule has 1 amide bonds. The number of aromatic nitrogens is 1. The number of amides is 1. The number of fused-ring (bicyclic) bond motifs is 1. The summed E-state index contributed by atoms with van der Waals surface area (Å²) in [6.45, 7) is 1.64. The van der Waals surface area contributed by atoms with Crippen LogP contribution in [0.5, 0.6) is 5.88 Å². The van der Waals surface area contributed by atoms with E-state index in [1.807, 2.05) is 18.2 Å². The first-order valence-corrected chi connectivity index (χ1v) is 11.5. The highest BCUT2D eigenvalue weighted by atomic mass is 35.5. The number of esters is 1. The molecule has 0 aliphatic carbocycles. The first-order chi connectivity index (χ1) is 16.3. The number of para-hydroxylation sites is 1. The van der Waals surface area contributed by atoms with E-state index in [0.717, 1.165) is 44.7 Å². The third-order valence-corrected chi connectivity index (χ3v) is 6.53. The molecular weight excluding hydrogens is 478 g/mol. The van der Waals surface area contributed by atoms with Gasteiger partial charge in [0.05, 0.1) is 28.3 Å². The maximum atomic E-state index is 12.5. The number of halogens is 1. The number of aromatic hydroxyl groups is 1. The summed E-state index contributed by atoms with van der Waals surface area (Å²) in [5, 5.41) is 13.4. The van der Waals surface area contributed by atoms with Gasteiger partial charge >= 0.3 is 10.8 Å². The number of benzene rings is 2. The van der Waals surface area contributed by atoms with Gasteiger partial charge in [-0.1, -0.05) is 48.1 Å². The molecule has 0 unspecified atom stereocenters. The van der Waals surface area contributed by atoms with Crippen LogP contribution in [0.25, 0.3) is 11.6 Å². The minimum Gasteiger partial charge on any atom is -0.493 e. The second-order valence-electron chi connectivity index (χ2n) is 7.40. The molecule has 0 bridgehead atoms. The summed E-state index contributed by atoms with van der Waals surface area (Å²) in [7, 11) is 1.22. The summed E-state index contributed by atoms with van der Waals surface area (Å²) in [6, 6.07) is 10.2. The van der Waals surface area contributed by atoms with Crippen molar-refractivity contribution in [3.63, 3.8) is 0 Å². The van der Waals surface area contributed by atoms with Crippen LogP contribution < -0.4 is 10.2 Å². The number of aryl methyl sites for hydroxylation is 1. The van der Waals surface area contributed by atoms with Crippen molar-refractivity contribution in [2.75, 3.05) is 12.4 Å². The van der Waals surface area contributed by atoms with Gasteiger partial charge in [-0.15, -0.1) is 0 Å². The van der Waals surface area contributed by atoms with Crippen molar-refractivity contribution in [3.05, 3.63) is 72.7 Å². The predicted molar refractivity (Wildman–Crippen MR) is 134 cm³/mol. The van der Waals surface area contributed by atoms with Gasteiger partial charge in [-0.25, -0.2) is 4.79 Å². The second-order valence-corrected chi connectivity index (χ2v) is 8.80.